The van der Waals surface area contributed by atoms with Crippen LogP contribution in [0.2, 0.25) is 0 Å². The zero-order valence-electron chi connectivity index (χ0n) is 13.3. The van der Waals surface area contributed by atoms with E-state index in [1.807, 2.05) is 6.92 Å². The third-order valence-corrected chi connectivity index (χ3v) is 4.42. The Hall–Kier alpha value is -2.43. The van der Waals surface area contributed by atoms with E-state index in [1.165, 1.54) is 17.7 Å². The van der Waals surface area contributed by atoms with Crippen LogP contribution in [0.15, 0.2) is 11.1 Å². The maximum atomic E-state index is 12.4. The second kappa shape index (κ2) is 7.21. The Kier molecular flexibility index (Phi) is 5.45. The summed E-state index contributed by atoms with van der Waals surface area (Å²) < 4.78 is 41.4. The molecule has 0 aliphatic carbocycles. The summed E-state index contributed by atoms with van der Waals surface area (Å²) in [6.45, 7) is 0.739. The third kappa shape index (κ3) is 4.78. The highest BCUT2D eigenvalue weighted by atomic mass is 32.1. The number of ether oxygens (including phenoxy) is 1. The molecule has 1 amide bonds. The van der Waals surface area contributed by atoms with Gasteiger partial charge in [0, 0.05) is 4.88 Å². The van der Waals surface area contributed by atoms with Crippen LogP contribution in [-0.2, 0) is 20.9 Å². The van der Waals surface area contributed by atoms with Crippen LogP contribution in [0, 0.1) is 13.8 Å². The fourth-order valence-electron chi connectivity index (χ4n) is 1.96. The molecule has 0 saturated carbocycles. The molecule has 2 aromatic rings. The SMILES string of the molecule is Cc1sc2ncn(CC(=O)OCC(=O)NCC(F)(F)F)c(=O)c2c1C. The summed E-state index contributed by atoms with van der Waals surface area (Å²) >= 11 is 1.36. The van der Waals surface area contributed by atoms with Crippen LogP contribution in [0.1, 0.15) is 10.4 Å². The number of halogens is 3. The van der Waals surface area contributed by atoms with E-state index < -0.39 is 43.3 Å². The first-order chi connectivity index (χ1) is 11.6. The smallest absolute Gasteiger partial charge is 0.405 e. The van der Waals surface area contributed by atoms with Gasteiger partial charge < -0.3 is 10.1 Å². The molecule has 0 saturated heterocycles. The molecule has 7 nitrogen and oxygen atoms in total. The zero-order chi connectivity index (χ0) is 18.8. The number of fused-ring (bicyclic) bond motifs is 1. The van der Waals surface area contributed by atoms with E-state index in [-0.39, 0.29) is 0 Å². The minimum atomic E-state index is -4.55. The van der Waals surface area contributed by atoms with Gasteiger partial charge >= 0.3 is 12.1 Å². The molecule has 0 unspecified atom stereocenters. The number of esters is 1. The Balaban J connectivity index is 1.98. The lowest BCUT2D eigenvalue weighted by molar-refractivity contribution is -0.151. The van der Waals surface area contributed by atoms with Crippen LogP contribution in [0.5, 0.6) is 0 Å². The van der Waals surface area contributed by atoms with E-state index >= 15 is 0 Å². The fourth-order valence-corrected chi connectivity index (χ4v) is 2.95. The number of alkyl halides is 3. The predicted octanol–water partition coefficient (Wildman–Crippen LogP) is 1.30. The highest BCUT2D eigenvalue weighted by Gasteiger charge is 2.27. The Morgan fingerprint density at radius 1 is 1.36 bits per heavy atom. The van der Waals surface area contributed by atoms with Gasteiger partial charge in [0.25, 0.3) is 11.5 Å². The molecule has 25 heavy (non-hydrogen) atoms. The van der Waals surface area contributed by atoms with Crippen LogP contribution >= 0.6 is 11.3 Å². The van der Waals surface area contributed by atoms with Gasteiger partial charge in [-0.2, -0.15) is 13.2 Å². The summed E-state index contributed by atoms with van der Waals surface area (Å²) in [5, 5.41) is 1.97. The second-order valence-corrected chi connectivity index (χ2v) is 6.40. The van der Waals surface area contributed by atoms with Crippen LogP contribution in [0.4, 0.5) is 13.2 Å². The molecular weight excluding hydrogens is 363 g/mol. The van der Waals surface area contributed by atoms with Gasteiger partial charge in [-0.15, -0.1) is 11.3 Å². The number of aryl methyl sites for hydroxylation is 2. The zero-order valence-corrected chi connectivity index (χ0v) is 14.1. The third-order valence-electron chi connectivity index (χ3n) is 3.31. The summed E-state index contributed by atoms with van der Waals surface area (Å²) in [5.41, 5.74) is 0.345. The molecule has 2 aromatic heterocycles. The Bertz CT molecular complexity index is 873. The van der Waals surface area contributed by atoms with Gasteiger partial charge in [-0.05, 0) is 19.4 Å². The quantitative estimate of drug-likeness (QED) is 0.794. The molecule has 2 heterocycles. The van der Waals surface area contributed by atoms with E-state index in [2.05, 4.69) is 9.72 Å². The van der Waals surface area contributed by atoms with Crippen molar-refractivity contribution in [3.63, 3.8) is 0 Å². The molecule has 11 heteroatoms. The molecule has 0 aliphatic rings. The van der Waals surface area contributed by atoms with Gasteiger partial charge in [0.15, 0.2) is 6.61 Å². The number of rotatable bonds is 5. The standard InChI is InChI=1S/C14H14F3N3O4S/c1-7-8(2)25-12-11(7)13(23)20(6-19-12)3-10(22)24-4-9(21)18-5-14(15,16)17/h6H,3-5H2,1-2H3,(H,18,21). The van der Waals surface area contributed by atoms with E-state index in [0.717, 1.165) is 15.0 Å². The number of nitrogens with zero attached hydrogens (tertiary/aromatic N) is 2. The Labute approximate surface area is 143 Å². The van der Waals surface area contributed by atoms with E-state index in [9.17, 15) is 27.6 Å². The highest BCUT2D eigenvalue weighted by Crippen LogP contribution is 2.25. The minimum Gasteiger partial charge on any atom is -0.454 e. The van der Waals surface area contributed by atoms with Crippen molar-refractivity contribution in [3.8, 4) is 0 Å². The molecule has 0 atom stereocenters. The van der Waals surface area contributed by atoms with Crippen molar-refractivity contribution in [2.24, 2.45) is 0 Å². The maximum absolute atomic E-state index is 12.4. The normalized spacial score (nSPS) is 11.6. The number of carbonyl (C=O) groups excluding carboxylic acids is 2. The van der Waals surface area contributed by atoms with Crippen LogP contribution < -0.4 is 10.9 Å². The Morgan fingerprint density at radius 3 is 2.68 bits per heavy atom. The first-order valence-corrected chi connectivity index (χ1v) is 7.84. The van der Waals surface area contributed by atoms with Crippen LogP contribution in [-0.4, -0.2) is 40.8 Å². The molecule has 1 N–H and O–H groups in total. The molecule has 2 rings (SSSR count). The van der Waals surface area contributed by atoms with Gasteiger partial charge in [-0.3, -0.25) is 19.0 Å². The molecular formula is C14H14F3N3O4S. The number of aromatic nitrogens is 2. The topological polar surface area (TPSA) is 90.3 Å². The van der Waals surface area contributed by atoms with Gasteiger partial charge in [0.2, 0.25) is 0 Å². The minimum absolute atomic E-state index is 0.403. The van der Waals surface area contributed by atoms with Crippen molar-refractivity contribution in [1.29, 1.82) is 0 Å². The van der Waals surface area contributed by atoms with Gasteiger partial charge in [-0.1, -0.05) is 0 Å². The number of hydrogen-bond acceptors (Lipinski definition) is 6. The van der Waals surface area contributed by atoms with Crippen LogP contribution in [0.25, 0.3) is 10.2 Å². The number of carbonyl (C=O) groups is 2. The van der Waals surface area contributed by atoms with Crippen molar-refractivity contribution in [2.45, 2.75) is 26.6 Å². The molecule has 0 radical (unpaired) electrons. The second-order valence-electron chi connectivity index (χ2n) is 5.19. The predicted molar refractivity (Wildman–Crippen MR) is 83.4 cm³/mol. The van der Waals surface area contributed by atoms with Crippen molar-refractivity contribution < 1.29 is 27.5 Å². The molecule has 0 spiro atoms. The number of nitrogens with one attached hydrogen (secondary N) is 1. The summed E-state index contributed by atoms with van der Waals surface area (Å²) in [7, 11) is 0. The number of amides is 1. The summed E-state index contributed by atoms with van der Waals surface area (Å²) in [5.74, 6) is -2.02. The monoisotopic (exact) mass is 377 g/mol. The molecule has 0 aliphatic heterocycles. The molecule has 136 valence electrons. The summed E-state index contributed by atoms with van der Waals surface area (Å²) in [6.07, 6.45) is -3.37. The van der Waals surface area contributed by atoms with Crippen LogP contribution in [0.3, 0.4) is 0 Å². The number of thiophene rings is 1. The van der Waals surface area contributed by atoms with E-state index in [1.54, 1.807) is 12.2 Å². The summed E-state index contributed by atoms with van der Waals surface area (Å²) in [6, 6.07) is 0. The average molecular weight is 377 g/mol. The highest BCUT2D eigenvalue weighted by molar-refractivity contribution is 7.18. The summed E-state index contributed by atoms with van der Waals surface area (Å²) in [4.78, 5) is 40.8. The Morgan fingerprint density at radius 2 is 2.04 bits per heavy atom. The van der Waals surface area contributed by atoms with Crippen molar-refractivity contribution in [3.05, 3.63) is 27.1 Å². The first-order valence-electron chi connectivity index (χ1n) is 7.02. The first kappa shape index (κ1) is 18.9. The van der Waals surface area contributed by atoms with Gasteiger partial charge in [0.1, 0.15) is 17.9 Å². The van der Waals surface area contributed by atoms with Crippen molar-refractivity contribution in [1.82, 2.24) is 14.9 Å². The molecule has 0 aromatic carbocycles. The van der Waals surface area contributed by atoms with Gasteiger partial charge in [-0.25, -0.2) is 4.98 Å². The number of hydrogen-bond donors (Lipinski definition) is 1. The lowest BCUT2D eigenvalue weighted by Crippen LogP contribution is -2.37. The van der Waals surface area contributed by atoms with E-state index in [4.69, 9.17) is 0 Å². The van der Waals surface area contributed by atoms with Gasteiger partial charge in [0.05, 0.1) is 11.7 Å². The lowest BCUT2D eigenvalue weighted by Gasteiger charge is -2.09. The largest absolute Gasteiger partial charge is 0.454 e. The fraction of sp³-hybridized carbons (Fsp3) is 0.429. The molecule has 0 fully saturated rings. The van der Waals surface area contributed by atoms with Crippen molar-refractivity contribution >= 4 is 33.4 Å². The maximum Gasteiger partial charge on any atom is 0.405 e. The van der Waals surface area contributed by atoms with E-state index in [0.29, 0.717) is 10.2 Å². The van der Waals surface area contributed by atoms with Crippen molar-refractivity contribution in [2.75, 3.05) is 13.2 Å². The lowest BCUT2D eigenvalue weighted by atomic mass is 10.2. The molecule has 0 bridgehead atoms. The average Bonchev–Trinajstić information content (AvgIpc) is 2.81.